The molecule has 2 aromatic rings. The highest BCUT2D eigenvalue weighted by atomic mass is 35.5. The van der Waals surface area contributed by atoms with Gasteiger partial charge in [0, 0.05) is 16.0 Å². The lowest BCUT2D eigenvalue weighted by molar-refractivity contribution is -0.137. The van der Waals surface area contributed by atoms with Gasteiger partial charge in [-0.15, -0.1) is 0 Å². The summed E-state index contributed by atoms with van der Waals surface area (Å²) in [6.07, 6.45) is 0.603. The molecular weight excluding hydrogens is 319 g/mol. The second-order valence-corrected chi connectivity index (χ2v) is 5.13. The summed E-state index contributed by atoms with van der Waals surface area (Å²) in [5.41, 5.74) is -0.402. The molecule has 0 fully saturated rings. The van der Waals surface area contributed by atoms with Crippen LogP contribution in [0.15, 0.2) is 29.3 Å². The van der Waals surface area contributed by atoms with Gasteiger partial charge in [0.15, 0.2) is 0 Å². The van der Waals surface area contributed by atoms with E-state index in [1.54, 1.807) is 0 Å². The lowest BCUT2D eigenvalue weighted by atomic mass is 9.89. The number of rotatable bonds is 4. The third-order valence-corrected chi connectivity index (χ3v) is 3.50. The SMILES string of the molecule is O=C(O)CC(c1ccc(Cl)cc1Cl)c1c(O)nc[nH]c1=O. The first-order valence-electron chi connectivity index (χ1n) is 5.83. The van der Waals surface area contributed by atoms with E-state index in [0.717, 1.165) is 6.33 Å². The Balaban J connectivity index is 2.64. The Morgan fingerprint density at radius 3 is 2.67 bits per heavy atom. The van der Waals surface area contributed by atoms with Crippen LogP contribution in [0.4, 0.5) is 0 Å². The number of H-pyrrole nitrogens is 1. The van der Waals surface area contributed by atoms with Gasteiger partial charge < -0.3 is 15.2 Å². The van der Waals surface area contributed by atoms with E-state index in [1.165, 1.54) is 18.2 Å². The summed E-state index contributed by atoms with van der Waals surface area (Å²) in [6.45, 7) is 0. The molecule has 8 heteroatoms. The van der Waals surface area contributed by atoms with Gasteiger partial charge in [-0.3, -0.25) is 9.59 Å². The monoisotopic (exact) mass is 328 g/mol. The van der Waals surface area contributed by atoms with Crippen molar-refractivity contribution >= 4 is 29.2 Å². The molecule has 0 spiro atoms. The quantitative estimate of drug-likeness (QED) is 0.799. The summed E-state index contributed by atoms with van der Waals surface area (Å²) >= 11 is 11.9. The van der Waals surface area contributed by atoms with E-state index in [-0.39, 0.29) is 10.6 Å². The summed E-state index contributed by atoms with van der Waals surface area (Å²) in [4.78, 5) is 28.9. The number of aromatic amines is 1. The van der Waals surface area contributed by atoms with Crippen LogP contribution in [-0.4, -0.2) is 26.2 Å². The highest BCUT2D eigenvalue weighted by Crippen LogP contribution is 2.35. The van der Waals surface area contributed by atoms with E-state index in [1.807, 2.05) is 0 Å². The van der Waals surface area contributed by atoms with Crippen molar-refractivity contribution in [3.63, 3.8) is 0 Å². The third kappa shape index (κ3) is 3.34. The number of benzene rings is 1. The summed E-state index contributed by atoms with van der Waals surface area (Å²) < 4.78 is 0. The summed E-state index contributed by atoms with van der Waals surface area (Å²) in [7, 11) is 0. The van der Waals surface area contributed by atoms with Crippen LogP contribution < -0.4 is 5.56 Å². The van der Waals surface area contributed by atoms with Crippen molar-refractivity contribution in [1.29, 1.82) is 0 Å². The second-order valence-electron chi connectivity index (χ2n) is 4.29. The van der Waals surface area contributed by atoms with E-state index < -0.39 is 29.7 Å². The Morgan fingerprint density at radius 2 is 2.10 bits per heavy atom. The maximum atomic E-state index is 11.9. The van der Waals surface area contributed by atoms with Gasteiger partial charge >= 0.3 is 5.97 Å². The fraction of sp³-hybridized carbons (Fsp3) is 0.154. The van der Waals surface area contributed by atoms with Crippen molar-refractivity contribution in [1.82, 2.24) is 9.97 Å². The smallest absolute Gasteiger partial charge is 0.304 e. The van der Waals surface area contributed by atoms with Crippen LogP contribution in [-0.2, 0) is 4.79 Å². The molecule has 1 atom stereocenters. The zero-order valence-corrected chi connectivity index (χ0v) is 12.0. The van der Waals surface area contributed by atoms with Crippen molar-refractivity contribution in [3.05, 3.63) is 56.1 Å². The topological polar surface area (TPSA) is 103 Å². The molecular formula is C13H10Cl2N2O4. The highest BCUT2D eigenvalue weighted by Gasteiger charge is 2.26. The average Bonchev–Trinajstić information content (AvgIpc) is 2.37. The maximum absolute atomic E-state index is 11.9. The summed E-state index contributed by atoms with van der Waals surface area (Å²) in [6, 6.07) is 4.48. The molecule has 0 aliphatic heterocycles. The number of hydrogen-bond acceptors (Lipinski definition) is 4. The van der Waals surface area contributed by atoms with Gasteiger partial charge in [0.2, 0.25) is 5.88 Å². The standard InChI is InChI=1S/C13H10Cl2N2O4/c14-6-1-2-7(9(15)3-6)8(4-10(18)19)11-12(20)16-5-17-13(11)21/h1-3,5,8H,4H2,(H,18,19)(H2,16,17,20,21). The molecule has 0 aliphatic rings. The van der Waals surface area contributed by atoms with Gasteiger partial charge in [-0.05, 0) is 17.7 Å². The normalized spacial score (nSPS) is 12.1. The first-order valence-corrected chi connectivity index (χ1v) is 6.59. The van der Waals surface area contributed by atoms with Crippen LogP contribution >= 0.6 is 23.2 Å². The number of carbonyl (C=O) groups is 1. The highest BCUT2D eigenvalue weighted by molar-refractivity contribution is 6.35. The lowest BCUT2D eigenvalue weighted by Crippen LogP contribution is -2.20. The minimum absolute atomic E-state index is 0.149. The largest absolute Gasteiger partial charge is 0.493 e. The Bertz CT molecular complexity index is 745. The van der Waals surface area contributed by atoms with E-state index in [0.29, 0.717) is 10.6 Å². The molecule has 110 valence electrons. The Labute approximate surface area is 129 Å². The fourth-order valence-corrected chi connectivity index (χ4v) is 2.58. The molecule has 1 heterocycles. The molecule has 1 aromatic carbocycles. The lowest BCUT2D eigenvalue weighted by Gasteiger charge is -2.17. The van der Waals surface area contributed by atoms with Crippen LogP contribution in [0.1, 0.15) is 23.5 Å². The number of hydrogen-bond donors (Lipinski definition) is 3. The summed E-state index contributed by atoms with van der Waals surface area (Å²) in [5.74, 6) is -2.62. The van der Waals surface area contributed by atoms with Crippen LogP contribution in [0.3, 0.4) is 0 Å². The third-order valence-electron chi connectivity index (χ3n) is 2.93. The molecule has 2 rings (SSSR count). The molecule has 0 amide bonds. The molecule has 21 heavy (non-hydrogen) atoms. The van der Waals surface area contributed by atoms with Crippen molar-refractivity contribution in [2.45, 2.75) is 12.3 Å². The predicted octanol–water partition coefficient (Wildman–Crippen LogP) is 2.39. The fourth-order valence-electron chi connectivity index (χ4n) is 2.04. The molecule has 0 radical (unpaired) electrons. The van der Waals surface area contributed by atoms with Gasteiger partial charge in [0.25, 0.3) is 5.56 Å². The number of nitrogens with zero attached hydrogens (tertiary/aromatic N) is 1. The van der Waals surface area contributed by atoms with Gasteiger partial charge in [-0.1, -0.05) is 29.3 Å². The predicted molar refractivity (Wildman–Crippen MR) is 77.1 cm³/mol. The molecule has 1 aromatic heterocycles. The van der Waals surface area contributed by atoms with Gasteiger partial charge in [-0.2, -0.15) is 0 Å². The van der Waals surface area contributed by atoms with Crippen molar-refractivity contribution in [2.75, 3.05) is 0 Å². The molecule has 3 N–H and O–H groups in total. The Hall–Kier alpha value is -2.05. The minimum atomic E-state index is -1.14. The Kier molecular flexibility index (Phi) is 4.50. The van der Waals surface area contributed by atoms with Crippen molar-refractivity contribution < 1.29 is 15.0 Å². The van der Waals surface area contributed by atoms with Gasteiger partial charge in [0.05, 0.1) is 18.3 Å². The summed E-state index contributed by atoms with van der Waals surface area (Å²) in [5, 5.41) is 19.4. The van der Waals surface area contributed by atoms with E-state index in [2.05, 4.69) is 9.97 Å². The number of carboxylic acid groups (broad SMARTS) is 1. The van der Waals surface area contributed by atoms with E-state index in [4.69, 9.17) is 28.3 Å². The molecule has 0 saturated heterocycles. The molecule has 0 saturated carbocycles. The molecule has 1 unspecified atom stereocenters. The molecule has 0 bridgehead atoms. The second kappa shape index (κ2) is 6.15. The zero-order valence-electron chi connectivity index (χ0n) is 10.5. The number of carboxylic acids is 1. The number of aliphatic carboxylic acids is 1. The van der Waals surface area contributed by atoms with E-state index in [9.17, 15) is 14.7 Å². The molecule has 6 nitrogen and oxygen atoms in total. The number of aromatic nitrogens is 2. The molecule has 0 aliphatic carbocycles. The minimum Gasteiger partial charge on any atom is -0.493 e. The Morgan fingerprint density at radius 1 is 1.38 bits per heavy atom. The number of nitrogens with one attached hydrogen (secondary N) is 1. The van der Waals surface area contributed by atoms with Crippen LogP contribution in [0.5, 0.6) is 5.88 Å². The van der Waals surface area contributed by atoms with Crippen LogP contribution in [0, 0.1) is 0 Å². The zero-order chi connectivity index (χ0) is 15.6. The van der Waals surface area contributed by atoms with Gasteiger partial charge in [-0.25, -0.2) is 4.98 Å². The average molecular weight is 329 g/mol. The van der Waals surface area contributed by atoms with Gasteiger partial charge in [0.1, 0.15) is 0 Å². The first-order chi connectivity index (χ1) is 9.90. The number of aromatic hydroxyl groups is 1. The van der Waals surface area contributed by atoms with Crippen LogP contribution in [0.2, 0.25) is 10.0 Å². The van der Waals surface area contributed by atoms with Crippen LogP contribution in [0.25, 0.3) is 0 Å². The van der Waals surface area contributed by atoms with Crippen molar-refractivity contribution in [3.8, 4) is 5.88 Å². The number of halogens is 2. The van der Waals surface area contributed by atoms with Crippen molar-refractivity contribution in [2.24, 2.45) is 0 Å². The first kappa shape index (κ1) is 15.3. The van der Waals surface area contributed by atoms with E-state index >= 15 is 0 Å². The maximum Gasteiger partial charge on any atom is 0.304 e.